The molecule has 0 aromatic carbocycles. The summed E-state index contributed by atoms with van der Waals surface area (Å²) in [4.78, 5) is 78.2. The first kappa shape index (κ1) is 23.9. The second-order valence-electron chi connectivity index (χ2n) is 7.26. The van der Waals surface area contributed by atoms with E-state index in [1.165, 1.54) is 19.2 Å². The van der Waals surface area contributed by atoms with Crippen molar-refractivity contribution in [2.45, 2.75) is 44.4 Å². The highest BCUT2D eigenvalue weighted by Gasteiger charge is 2.41. The van der Waals surface area contributed by atoms with Gasteiger partial charge in [-0.3, -0.25) is 14.4 Å². The minimum absolute atomic E-state index is 0.0195. The van der Waals surface area contributed by atoms with Gasteiger partial charge >= 0.3 is 23.8 Å². The molecule has 2 aliphatic heterocycles. The third kappa shape index (κ3) is 5.53. The number of rotatable bonds is 8. The van der Waals surface area contributed by atoms with E-state index in [0.717, 1.165) is 11.3 Å². The topological polar surface area (TPSA) is 209 Å². The first-order chi connectivity index (χ1) is 15.5. The monoisotopic (exact) mass is 485 g/mol. The number of carbonyl (C=O) groups is 5. The van der Waals surface area contributed by atoms with Gasteiger partial charge in [0, 0.05) is 18.2 Å². The van der Waals surface area contributed by atoms with Crippen LogP contribution < -0.4 is 11.1 Å². The molecule has 0 bridgehead atoms. The van der Waals surface area contributed by atoms with Crippen LogP contribution in [0.3, 0.4) is 0 Å². The Kier molecular flexibility index (Phi) is 6.78. The van der Waals surface area contributed by atoms with Crippen molar-refractivity contribution in [2.24, 2.45) is 5.16 Å². The highest BCUT2D eigenvalue weighted by molar-refractivity contribution is 7.13. The largest absolute Gasteiger partial charge is 0.478 e. The molecule has 0 saturated carbocycles. The Morgan fingerprint density at radius 3 is 2.70 bits per heavy atom. The van der Waals surface area contributed by atoms with Gasteiger partial charge in [-0.15, -0.1) is 11.3 Å². The van der Waals surface area contributed by atoms with E-state index in [9.17, 15) is 24.0 Å². The molecule has 2 aliphatic rings. The molecule has 16 heteroatoms. The highest BCUT2D eigenvalue weighted by Crippen LogP contribution is 2.18. The van der Waals surface area contributed by atoms with Crippen LogP contribution >= 0.6 is 11.3 Å². The minimum atomic E-state index is -1.77. The zero-order chi connectivity index (χ0) is 24.3. The van der Waals surface area contributed by atoms with Gasteiger partial charge in [-0.2, -0.15) is 0 Å². The molecule has 1 aromatic rings. The number of nitrogen functional groups attached to an aromatic ring is 1. The number of nitrogens with zero attached hydrogens (tertiary/aromatic N) is 3. The number of carboxylic acids is 1. The summed E-state index contributed by atoms with van der Waals surface area (Å²) in [5, 5.41) is 16.9. The predicted molar refractivity (Wildman–Crippen MR) is 106 cm³/mol. The van der Waals surface area contributed by atoms with E-state index in [2.05, 4.69) is 15.5 Å². The van der Waals surface area contributed by atoms with Crippen LogP contribution in [0, 0.1) is 0 Å². The lowest BCUT2D eigenvalue weighted by Gasteiger charge is -2.17. The fraction of sp³-hybridized carbons (Fsp3) is 0.471. The van der Waals surface area contributed by atoms with E-state index in [1.54, 1.807) is 0 Å². The van der Waals surface area contributed by atoms with Crippen LogP contribution in [0.4, 0.5) is 5.13 Å². The number of amides is 2. The number of hydroxylamine groups is 2. The molecule has 1 aromatic heterocycles. The maximum absolute atomic E-state index is 12.8. The molecular formula is C17H19N5O10S. The average molecular weight is 485 g/mol. The molecule has 1 unspecified atom stereocenters. The van der Waals surface area contributed by atoms with Gasteiger partial charge in [-0.25, -0.2) is 19.4 Å². The second kappa shape index (κ2) is 9.37. The van der Waals surface area contributed by atoms with E-state index >= 15 is 0 Å². The molecule has 4 N–H and O–H groups in total. The number of aromatic nitrogens is 1. The highest BCUT2D eigenvalue weighted by atomic mass is 32.1. The number of esters is 1. The fourth-order valence-electron chi connectivity index (χ4n) is 2.44. The lowest BCUT2D eigenvalue weighted by Crippen LogP contribution is -2.46. The molecule has 2 saturated heterocycles. The fourth-order valence-corrected chi connectivity index (χ4v) is 2.99. The Labute approximate surface area is 189 Å². The lowest BCUT2D eigenvalue weighted by molar-refractivity contribution is -0.306. The van der Waals surface area contributed by atoms with Crippen LogP contribution in [-0.4, -0.2) is 75.1 Å². The van der Waals surface area contributed by atoms with Crippen LogP contribution in [0.15, 0.2) is 10.5 Å². The SMILES string of the molecule is CC(C)(ON=C(C(=O)N[C@H]1CON(OC(=O)C2CCC(=O)O2)C1=O)c1csc(N)n1)C(=O)O. The van der Waals surface area contributed by atoms with Gasteiger partial charge in [0.05, 0.1) is 0 Å². The molecule has 2 amide bonds. The quantitative estimate of drug-likeness (QED) is 0.224. The molecule has 178 valence electrons. The normalized spacial score (nSPS) is 21.0. The Balaban J connectivity index is 1.67. The number of hydrogen-bond acceptors (Lipinski definition) is 13. The second-order valence-corrected chi connectivity index (χ2v) is 8.15. The summed E-state index contributed by atoms with van der Waals surface area (Å²) in [5.41, 5.74) is 3.35. The number of ether oxygens (including phenoxy) is 1. The van der Waals surface area contributed by atoms with E-state index in [0.29, 0.717) is 0 Å². The van der Waals surface area contributed by atoms with Crippen molar-refractivity contribution in [2.75, 3.05) is 12.3 Å². The molecule has 33 heavy (non-hydrogen) atoms. The van der Waals surface area contributed by atoms with E-state index in [1.807, 2.05) is 0 Å². The number of nitrogens with two attached hydrogens (primary N) is 1. The zero-order valence-electron chi connectivity index (χ0n) is 17.3. The van der Waals surface area contributed by atoms with Crippen molar-refractivity contribution >= 4 is 51.9 Å². The van der Waals surface area contributed by atoms with E-state index in [4.69, 9.17) is 30.1 Å². The smallest absolute Gasteiger partial charge is 0.375 e. The summed E-state index contributed by atoms with van der Waals surface area (Å²) in [6.07, 6.45) is -1.02. The Morgan fingerprint density at radius 2 is 2.12 bits per heavy atom. The van der Waals surface area contributed by atoms with Crippen LogP contribution in [-0.2, 0) is 43.2 Å². The Hall–Kier alpha value is -3.79. The van der Waals surface area contributed by atoms with Gasteiger partial charge in [-0.1, -0.05) is 5.16 Å². The number of thiazole rings is 1. The van der Waals surface area contributed by atoms with E-state index in [-0.39, 0.29) is 28.9 Å². The number of cyclic esters (lactones) is 1. The van der Waals surface area contributed by atoms with Crippen molar-refractivity contribution in [3.8, 4) is 0 Å². The van der Waals surface area contributed by atoms with Crippen molar-refractivity contribution in [3.05, 3.63) is 11.1 Å². The first-order valence-corrected chi connectivity index (χ1v) is 10.3. The summed E-state index contributed by atoms with van der Waals surface area (Å²) in [6.45, 7) is 2.04. The van der Waals surface area contributed by atoms with Crippen LogP contribution in [0.25, 0.3) is 0 Å². The van der Waals surface area contributed by atoms with Crippen LogP contribution in [0.1, 0.15) is 32.4 Å². The lowest BCUT2D eigenvalue weighted by atomic mass is 10.1. The third-order valence-corrected chi connectivity index (χ3v) is 5.00. The Bertz CT molecular complexity index is 1020. The number of hydrogen-bond donors (Lipinski definition) is 3. The first-order valence-electron chi connectivity index (χ1n) is 9.38. The molecular weight excluding hydrogens is 466 g/mol. The molecule has 0 radical (unpaired) electrons. The average Bonchev–Trinajstić information content (AvgIpc) is 3.45. The maximum atomic E-state index is 12.8. The van der Waals surface area contributed by atoms with Gasteiger partial charge in [-0.05, 0) is 19.1 Å². The summed E-state index contributed by atoms with van der Waals surface area (Å²) in [7, 11) is 0. The molecule has 3 heterocycles. The minimum Gasteiger partial charge on any atom is -0.478 e. The zero-order valence-corrected chi connectivity index (χ0v) is 18.1. The summed E-state index contributed by atoms with van der Waals surface area (Å²) >= 11 is 0.993. The maximum Gasteiger partial charge on any atom is 0.375 e. The number of carbonyl (C=O) groups excluding carboxylic acids is 4. The Morgan fingerprint density at radius 1 is 1.39 bits per heavy atom. The standard InChI is InChI=1S/C17H19N5O10S/c1-17(2,15(27)28)32-21-11(8-6-33-16(18)20-8)12(24)19-7-5-29-22(13(7)25)31-14(26)9-3-4-10(23)30-9/h6-7,9H,3-5H2,1-2H3,(H2,18,20)(H,19,24)(H,27,28)/t7-,9?/m0/s1. The summed E-state index contributed by atoms with van der Waals surface area (Å²) in [6, 6.07) is -1.29. The number of oxime groups is 1. The molecule has 0 aliphatic carbocycles. The number of carboxylic acid groups (broad SMARTS) is 1. The van der Waals surface area contributed by atoms with Crippen molar-refractivity contribution in [1.82, 2.24) is 15.5 Å². The van der Waals surface area contributed by atoms with Gasteiger partial charge in [0.2, 0.25) is 11.7 Å². The van der Waals surface area contributed by atoms with Crippen LogP contribution in [0.5, 0.6) is 0 Å². The van der Waals surface area contributed by atoms with Crippen molar-refractivity contribution in [1.29, 1.82) is 0 Å². The molecule has 2 fully saturated rings. The number of nitrogens with one attached hydrogen (secondary N) is 1. The van der Waals surface area contributed by atoms with Crippen molar-refractivity contribution in [3.63, 3.8) is 0 Å². The molecule has 15 nitrogen and oxygen atoms in total. The van der Waals surface area contributed by atoms with Gasteiger partial charge < -0.3 is 30.6 Å². The van der Waals surface area contributed by atoms with Crippen molar-refractivity contribution < 1.29 is 48.3 Å². The number of aliphatic carboxylic acids is 1. The van der Waals surface area contributed by atoms with E-state index < -0.39 is 59.8 Å². The third-order valence-electron chi connectivity index (χ3n) is 4.32. The molecule has 3 rings (SSSR count). The predicted octanol–water partition coefficient (Wildman–Crippen LogP) is -1.27. The molecule has 0 spiro atoms. The van der Waals surface area contributed by atoms with Gasteiger partial charge in [0.1, 0.15) is 18.3 Å². The van der Waals surface area contributed by atoms with Gasteiger partial charge in [0.15, 0.2) is 10.8 Å². The van der Waals surface area contributed by atoms with Gasteiger partial charge in [0.25, 0.3) is 5.91 Å². The summed E-state index contributed by atoms with van der Waals surface area (Å²) in [5.74, 6) is -4.80. The molecule has 2 atom stereocenters. The van der Waals surface area contributed by atoms with Crippen LogP contribution in [0.2, 0.25) is 0 Å². The number of anilines is 1. The summed E-state index contributed by atoms with van der Waals surface area (Å²) < 4.78 is 4.75.